The first-order valence-electron chi connectivity index (χ1n) is 3.82. The average Bonchev–Trinajstić information content (AvgIpc) is 2.16. The zero-order valence-electron chi connectivity index (χ0n) is 6.96. The predicted octanol–water partition coefficient (Wildman–Crippen LogP) is 1.41. The molecule has 3 nitrogen and oxygen atoms in total. The highest BCUT2D eigenvalue weighted by molar-refractivity contribution is 5.61. The molecule has 0 spiro atoms. The fraction of sp³-hybridized carbons (Fsp3) is 0.222. The minimum Gasteiger partial charge on any atom is -0.323 e. The Bertz CT molecular complexity index is 312. The molecule has 0 aliphatic rings. The summed E-state index contributed by atoms with van der Waals surface area (Å²) in [7, 11) is 0. The van der Waals surface area contributed by atoms with Crippen molar-refractivity contribution in [3.05, 3.63) is 29.3 Å². The number of nitrogens with zero attached hydrogens (tertiary/aromatic N) is 1. The van der Waals surface area contributed by atoms with Crippen LogP contribution in [0.25, 0.3) is 0 Å². The van der Waals surface area contributed by atoms with Gasteiger partial charge in [-0.15, -0.1) is 0 Å². The molecule has 0 saturated carbocycles. The van der Waals surface area contributed by atoms with E-state index in [-0.39, 0.29) is 0 Å². The van der Waals surface area contributed by atoms with Gasteiger partial charge in [0.05, 0.1) is 11.3 Å². The zero-order chi connectivity index (χ0) is 8.97. The summed E-state index contributed by atoms with van der Waals surface area (Å²) in [6.07, 6.45) is 0.870. The second-order valence-electron chi connectivity index (χ2n) is 2.45. The topological polar surface area (TPSA) is 61.8 Å². The van der Waals surface area contributed by atoms with E-state index in [1.54, 1.807) is 6.07 Å². The molecule has 1 rings (SSSR count). The van der Waals surface area contributed by atoms with Crippen molar-refractivity contribution in [3.63, 3.8) is 0 Å². The van der Waals surface area contributed by atoms with Gasteiger partial charge in [-0.3, -0.25) is 5.84 Å². The molecule has 0 aliphatic carbocycles. The van der Waals surface area contributed by atoms with Gasteiger partial charge in [0.2, 0.25) is 0 Å². The molecule has 0 aliphatic heterocycles. The highest BCUT2D eigenvalue weighted by Crippen LogP contribution is 2.19. The van der Waals surface area contributed by atoms with Gasteiger partial charge in [-0.1, -0.05) is 19.1 Å². The van der Waals surface area contributed by atoms with Crippen molar-refractivity contribution in [2.75, 3.05) is 5.43 Å². The summed E-state index contributed by atoms with van der Waals surface area (Å²) in [6, 6.07) is 7.64. The Morgan fingerprint density at radius 1 is 1.58 bits per heavy atom. The van der Waals surface area contributed by atoms with E-state index in [1.165, 1.54) is 0 Å². The van der Waals surface area contributed by atoms with Crippen LogP contribution in [0.2, 0.25) is 0 Å². The summed E-state index contributed by atoms with van der Waals surface area (Å²) < 4.78 is 0. The smallest absolute Gasteiger partial charge is 0.101 e. The maximum absolute atomic E-state index is 8.72. The number of para-hydroxylation sites is 1. The lowest BCUT2D eigenvalue weighted by atomic mass is 10.1. The van der Waals surface area contributed by atoms with E-state index in [4.69, 9.17) is 11.1 Å². The summed E-state index contributed by atoms with van der Waals surface area (Å²) in [5, 5.41) is 8.72. The SMILES string of the molecule is CCc1cccc(C#N)c1NN. The quantitative estimate of drug-likeness (QED) is 0.509. The number of rotatable bonds is 2. The van der Waals surface area contributed by atoms with Crippen LogP contribution in [0, 0.1) is 11.3 Å². The second kappa shape index (κ2) is 3.74. The monoisotopic (exact) mass is 161 g/mol. The van der Waals surface area contributed by atoms with Crippen LogP contribution >= 0.6 is 0 Å². The van der Waals surface area contributed by atoms with Gasteiger partial charge >= 0.3 is 0 Å². The molecule has 0 bridgehead atoms. The third kappa shape index (κ3) is 1.39. The summed E-state index contributed by atoms with van der Waals surface area (Å²) in [6.45, 7) is 2.03. The number of nitriles is 1. The van der Waals surface area contributed by atoms with Crippen LogP contribution in [-0.4, -0.2) is 0 Å². The highest BCUT2D eigenvalue weighted by Gasteiger charge is 2.03. The van der Waals surface area contributed by atoms with Gasteiger partial charge in [0.25, 0.3) is 0 Å². The standard InChI is InChI=1S/C9H11N3/c1-2-7-4-3-5-8(6-10)9(7)12-11/h3-5,12H,2,11H2,1H3. The molecular weight excluding hydrogens is 150 g/mol. The number of hydrogen-bond acceptors (Lipinski definition) is 3. The molecule has 12 heavy (non-hydrogen) atoms. The number of nitrogens with two attached hydrogens (primary N) is 1. The minimum atomic E-state index is 0.594. The van der Waals surface area contributed by atoms with Crippen LogP contribution in [0.5, 0.6) is 0 Å². The molecule has 0 fully saturated rings. The summed E-state index contributed by atoms with van der Waals surface area (Å²) >= 11 is 0. The fourth-order valence-electron chi connectivity index (χ4n) is 1.16. The number of aryl methyl sites for hydroxylation is 1. The molecule has 0 heterocycles. The van der Waals surface area contributed by atoms with E-state index in [0.717, 1.165) is 17.7 Å². The average molecular weight is 161 g/mol. The lowest BCUT2D eigenvalue weighted by molar-refractivity contribution is 1.12. The van der Waals surface area contributed by atoms with E-state index in [9.17, 15) is 0 Å². The van der Waals surface area contributed by atoms with E-state index >= 15 is 0 Å². The molecule has 1 aromatic carbocycles. The molecule has 3 N–H and O–H groups in total. The second-order valence-corrected chi connectivity index (χ2v) is 2.45. The van der Waals surface area contributed by atoms with Crippen LogP contribution in [0.1, 0.15) is 18.1 Å². The predicted molar refractivity (Wildman–Crippen MR) is 48.3 cm³/mol. The molecule has 0 unspecified atom stereocenters. The fourth-order valence-corrected chi connectivity index (χ4v) is 1.16. The first-order valence-corrected chi connectivity index (χ1v) is 3.82. The van der Waals surface area contributed by atoms with Gasteiger partial charge in [0.15, 0.2) is 0 Å². The maximum atomic E-state index is 8.72. The summed E-state index contributed by atoms with van der Waals surface area (Å²) in [4.78, 5) is 0. The van der Waals surface area contributed by atoms with E-state index in [2.05, 4.69) is 11.5 Å². The molecule has 0 radical (unpaired) electrons. The Labute approximate surface area is 71.8 Å². The molecule has 0 atom stereocenters. The number of benzene rings is 1. The van der Waals surface area contributed by atoms with Crippen LogP contribution in [0.4, 0.5) is 5.69 Å². The van der Waals surface area contributed by atoms with Gasteiger partial charge in [0, 0.05) is 0 Å². The number of nitrogens with one attached hydrogen (secondary N) is 1. The van der Waals surface area contributed by atoms with Crippen molar-refractivity contribution in [3.8, 4) is 6.07 Å². The largest absolute Gasteiger partial charge is 0.323 e. The van der Waals surface area contributed by atoms with Gasteiger partial charge in [0.1, 0.15) is 6.07 Å². The van der Waals surface area contributed by atoms with Crippen LogP contribution in [0.3, 0.4) is 0 Å². The molecule has 1 aromatic rings. The molecule has 3 heteroatoms. The Hall–Kier alpha value is -1.53. The minimum absolute atomic E-state index is 0.594. The molecule has 62 valence electrons. The van der Waals surface area contributed by atoms with Crippen molar-refractivity contribution >= 4 is 5.69 Å². The highest BCUT2D eigenvalue weighted by atomic mass is 15.2. The van der Waals surface area contributed by atoms with Gasteiger partial charge in [-0.05, 0) is 18.1 Å². The van der Waals surface area contributed by atoms with Crippen molar-refractivity contribution in [2.24, 2.45) is 5.84 Å². The van der Waals surface area contributed by atoms with Crippen LogP contribution in [-0.2, 0) is 6.42 Å². The normalized spacial score (nSPS) is 9.08. The van der Waals surface area contributed by atoms with Crippen LogP contribution < -0.4 is 11.3 Å². The van der Waals surface area contributed by atoms with E-state index in [0.29, 0.717) is 5.56 Å². The zero-order valence-corrected chi connectivity index (χ0v) is 6.96. The number of nitrogen functional groups attached to an aromatic ring is 1. The Morgan fingerprint density at radius 2 is 2.33 bits per heavy atom. The Morgan fingerprint density at radius 3 is 2.83 bits per heavy atom. The Kier molecular flexibility index (Phi) is 2.67. The van der Waals surface area contributed by atoms with E-state index in [1.807, 2.05) is 19.1 Å². The number of anilines is 1. The third-order valence-corrected chi connectivity index (χ3v) is 1.80. The van der Waals surface area contributed by atoms with Crippen molar-refractivity contribution in [1.29, 1.82) is 5.26 Å². The summed E-state index contributed by atoms with van der Waals surface area (Å²) in [5.41, 5.74) is 4.94. The van der Waals surface area contributed by atoms with Crippen molar-refractivity contribution in [1.82, 2.24) is 0 Å². The van der Waals surface area contributed by atoms with Gasteiger partial charge in [-0.2, -0.15) is 5.26 Å². The first-order chi connectivity index (χ1) is 5.83. The number of hydrazine groups is 1. The van der Waals surface area contributed by atoms with Gasteiger partial charge in [-0.25, -0.2) is 0 Å². The molecule has 0 saturated heterocycles. The lowest BCUT2D eigenvalue weighted by Crippen LogP contribution is -2.10. The summed E-state index contributed by atoms with van der Waals surface area (Å²) in [5.74, 6) is 5.30. The van der Waals surface area contributed by atoms with Crippen molar-refractivity contribution < 1.29 is 0 Å². The lowest BCUT2D eigenvalue weighted by Gasteiger charge is -2.07. The van der Waals surface area contributed by atoms with E-state index < -0.39 is 0 Å². The molecule has 0 amide bonds. The molecule has 0 aromatic heterocycles. The first kappa shape index (κ1) is 8.57. The third-order valence-electron chi connectivity index (χ3n) is 1.80. The maximum Gasteiger partial charge on any atom is 0.101 e. The van der Waals surface area contributed by atoms with Gasteiger partial charge < -0.3 is 5.43 Å². The van der Waals surface area contributed by atoms with Crippen LogP contribution in [0.15, 0.2) is 18.2 Å². The number of hydrogen-bond donors (Lipinski definition) is 2. The van der Waals surface area contributed by atoms with Crippen molar-refractivity contribution in [2.45, 2.75) is 13.3 Å². The Balaban J connectivity index is 3.24. The molecular formula is C9H11N3.